The van der Waals surface area contributed by atoms with Crippen LogP contribution in [0.2, 0.25) is 10.0 Å². The number of nitrogens with one attached hydrogen (secondary N) is 1. The fraction of sp³-hybridized carbons (Fsp3) is 0.0714. The van der Waals surface area contributed by atoms with E-state index in [1.54, 1.807) is 42.6 Å². The lowest BCUT2D eigenvalue weighted by Gasteiger charge is -2.04. The van der Waals surface area contributed by atoms with Crippen LogP contribution in [0.1, 0.15) is 5.56 Å². The molecule has 0 saturated heterocycles. The van der Waals surface area contributed by atoms with E-state index in [2.05, 4.69) is 10.5 Å². The smallest absolute Gasteiger partial charge is 0.161 e. The molecule has 6 heteroatoms. The van der Waals surface area contributed by atoms with Gasteiger partial charge in [0, 0.05) is 0 Å². The molecular weight excluding hydrogens is 299 g/mol. The number of phenols is 1. The summed E-state index contributed by atoms with van der Waals surface area (Å²) in [5, 5.41) is 14.5. The highest BCUT2D eigenvalue weighted by Gasteiger charge is 2.01. The molecule has 0 atom stereocenters. The maximum absolute atomic E-state index is 9.48. The summed E-state index contributed by atoms with van der Waals surface area (Å²) >= 11 is 11.7. The number of hydrogen-bond acceptors (Lipinski definition) is 4. The number of benzene rings is 2. The van der Waals surface area contributed by atoms with E-state index in [4.69, 9.17) is 27.9 Å². The summed E-state index contributed by atoms with van der Waals surface area (Å²) in [6.45, 7) is 0. The summed E-state index contributed by atoms with van der Waals surface area (Å²) in [5.41, 5.74) is 4.34. The van der Waals surface area contributed by atoms with E-state index >= 15 is 0 Å². The van der Waals surface area contributed by atoms with Crippen molar-refractivity contribution in [2.24, 2.45) is 5.10 Å². The van der Waals surface area contributed by atoms with Crippen molar-refractivity contribution < 1.29 is 9.84 Å². The standard InChI is InChI=1S/C14H12Cl2N2O2/c1-20-14-6-9(2-5-13(14)19)8-17-18-10-3-4-11(15)12(16)7-10/h2-8,18-19H,1H3. The quantitative estimate of drug-likeness (QED) is 0.658. The van der Waals surface area contributed by atoms with Crippen molar-refractivity contribution in [3.05, 3.63) is 52.0 Å². The number of ether oxygens (including phenoxy) is 1. The van der Waals surface area contributed by atoms with E-state index < -0.39 is 0 Å². The largest absolute Gasteiger partial charge is 0.504 e. The fourth-order valence-corrected chi connectivity index (χ4v) is 1.82. The molecule has 2 aromatic rings. The molecule has 2 aromatic carbocycles. The van der Waals surface area contributed by atoms with Gasteiger partial charge >= 0.3 is 0 Å². The molecule has 0 aromatic heterocycles. The van der Waals surface area contributed by atoms with Gasteiger partial charge in [-0.1, -0.05) is 23.2 Å². The number of nitrogens with zero attached hydrogens (tertiary/aromatic N) is 1. The van der Waals surface area contributed by atoms with Gasteiger partial charge in [-0.3, -0.25) is 5.43 Å². The average molecular weight is 311 g/mol. The molecule has 0 bridgehead atoms. The van der Waals surface area contributed by atoms with Crippen molar-refractivity contribution in [1.29, 1.82) is 0 Å². The molecule has 2 N–H and O–H groups in total. The first-order chi connectivity index (χ1) is 9.60. The highest BCUT2D eigenvalue weighted by atomic mass is 35.5. The van der Waals surface area contributed by atoms with Gasteiger partial charge in [-0.25, -0.2) is 0 Å². The van der Waals surface area contributed by atoms with Crippen molar-refractivity contribution in [2.75, 3.05) is 12.5 Å². The Morgan fingerprint density at radius 3 is 2.65 bits per heavy atom. The second-order valence-electron chi connectivity index (χ2n) is 3.93. The predicted molar refractivity (Wildman–Crippen MR) is 82.3 cm³/mol. The third-order valence-corrected chi connectivity index (χ3v) is 3.27. The van der Waals surface area contributed by atoms with Crippen LogP contribution in [0.5, 0.6) is 11.5 Å². The Bertz CT molecular complexity index is 645. The molecule has 0 aliphatic rings. The summed E-state index contributed by atoms with van der Waals surface area (Å²) in [6, 6.07) is 10.1. The number of anilines is 1. The van der Waals surface area contributed by atoms with Gasteiger partial charge in [-0.15, -0.1) is 0 Å². The Hall–Kier alpha value is -1.91. The van der Waals surface area contributed by atoms with Crippen molar-refractivity contribution in [3.8, 4) is 11.5 Å². The van der Waals surface area contributed by atoms with E-state index in [1.807, 2.05) is 0 Å². The average Bonchev–Trinajstić information content (AvgIpc) is 2.44. The SMILES string of the molecule is COc1cc(C=NNc2ccc(Cl)c(Cl)c2)ccc1O. The summed E-state index contributed by atoms with van der Waals surface area (Å²) in [4.78, 5) is 0. The van der Waals surface area contributed by atoms with Crippen LogP contribution in [0, 0.1) is 0 Å². The van der Waals surface area contributed by atoms with Crippen molar-refractivity contribution in [1.82, 2.24) is 0 Å². The normalized spacial score (nSPS) is 10.8. The molecule has 0 radical (unpaired) electrons. The second kappa shape index (κ2) is 6.50. The van der Waals surface area contributed by atoms with Crippen LogP contribution < -0.4 is 10.2 Å². The number of hydrazone groups is 1. The summed E-state index contributed by atoms with van der Waals surface area (Å²) in [5.74, 6) is 0.477. The Morgan fingerprint density at radius 2 is 1.95 bits per heavy atom. The topological polar surface area (TPSA) is 53.8 Å². The molecule has 0 amide bonds. The van der Waals surface area contributed by atoms with Crippen LogP contribution in [0.25, 0.3) is 0 Å². The minimum Gasteiger partial charge on any atom is -0.504 e. The Balaban J connectivity index is 2.08. The maximum atomic E-state index is 9.48. The monoisotopic (exact) mass is 310 g/mol. The zero-order chi connectivity index (χ0) is 14.5. The highest BCUT2D eigenvalue weighted by Crippen LogP contribution is 2.26. The number of rotatable bonds is 4. The van der Waals surface area contributed by atoms with E-state index in [9.17, 15) is 5.11 Å². The van der Waals surface area contributed by atoms with Gasteiger partial charge in [0.2, 0.25) is 0 Å². The van der Waals surface area contributed by atoms with Gasteiger partial charge in [-0.2, -0.15) is 5.10 Å². The van der Waals surface area contributed by atoms with Crippen LogP contribution in [0.4, 0.5) is 5.69 Å². The molecule has 0 spiro atoms. The van der Waals surface area contributed by atoms with E-state index in [-0.39, 0.29) is 5.75 Å². The van der Waals surface area contributed by atoms with Crippen LogP contribution in [-0.2, 0) is 0 Å². The third kappa shape index (κ3) is 3.56. The van der Waals surface area contributed by atoms with Gasteiger partial charge in [0.05, 0.1) is 29.1 Å². The van der Waals surface area contributed by atoms with Crippen LogP contribution in [-0.4, -0.2) is 18.4 Å². The number of halogens is 2. The van der Waals surface area contributed by atoms with Gasteiger partial charge in [0.1, 0.15) is 0 Å². The van der Waals surface area contributed by atoms with Gasteiger partial charge in [0.25, 0.3) is 0 Å². The molecule has 0 saturated carbocycles. The molecule has 104 valence electrons. The molecule has 0 unspecified atom stereocenters. The first-order valence-electron chi connectivity index (χ1n) is 5.71. The molecule has 0 fully saturated rings. The highest BCUT2D eigenvalue weighted by molar-refractivity contribution is 6.42. The predicted octanol–water partition coefficient (Wildman–Crippen LogP) is 4.15. The van der Waals surface area contributed by atoms with E-state index in [0.29, 0.717) is 15.8 Å². The van der Waals surface area contributed by atoms with Crippen molar-refractivity contribution in [2.45, 2.75) is 0 Å². The summed E-state index contributed by atoms with van der Waals surface area (Å²) in [7, 11) is 1.49. The number of methoxy groups -OCH3 is 1. The first-order valence-corrected chi connectivity index (χ1v) is 6.47. The minimum atomic E-state index is 0.0853. The van der Waals surface area contributed by atoms with E-state index in [0.717, 1.165) is 11.3 Å². The maximum Gasteiger partial charge on any atom is 0.161 e. The van der Waals surface area contributed by atoms with Crippen LogP contribution in [0.15, 0.2) is 41.5 Å². The van der Waals surface area contributed by atoms with Gasteiger partial charge in [0.15, 0.2) is 11.5 Å². The second-order valence-corrected chi connectivity index (χ2v) is 4.74. The molecule has 20 heavy (non-hydrogen) atoms. The number of hydrogen-bond donors (Lipinski definition) is 2. The molecule has 4 nitrogen and oxygen atoms in total. The molecule has 2 rings (SSSR count). The summed E-state index contributed by atoms with van der Waals surface area (Å²) in [6.07, 6.45) is 1.60. The molecule has 0 aliphatic carbocycles. The molecule has 0 heterocycles. The first kappa shape index (κ1) is 14.5. The third-order valence-electron chi connectivity index (χ3n) is 2.53. The zero-order valence-electron chi connectivity index (χ0n) is 10.6. The van der Waals surface area contributed by atoms with E-state index in [1.165, 1.54) is 7.11 Å². The molecular formula is C14H12Cl2N2O2. The van der Waals surface area contributed by atoms with Crippen molar-refractivity contribution in [3.63, 3.8) is 0 Å². The minimum absolute atomic E-state index is 0.0853. The van der Waals surface area contributed by atoms with Crippen LogP contribution >= 0.6 is 23.2 Å². The van der Waals surface area contributed by atoms with Crippen molar-refractivity contribution >= 4 is 35.1 Å². The fourth-order valence-electron chi connectivity index (χ4n) is 1.52. The van der Waals surface area contributed by atoms with Gasteiger partial charge in [-0.05, 0) is 42.0 Å². The number of phenolic OH excluding ortho intramolecular Hbond substituents is 1. The molecule has 0 aliphatic heterocycles. The zero-order valence-corrected chi connectivity index (χ0v) is 12.1. The number of aromatic hydroxyl groups is 1. The van der Waals surface area contributed by atoms with Crippen LogP contribution in [0.3, 0.4) is 0 Å². The lowest BCUT2D eigenvalue weighted by molar-refractivity contribution is 0.373. The Morgan fingerprint density at radius 1 is 1.15 bits per heavy atom. The Kier molecular flexibility index (Phi) is 4.71. The lowest BCUT2D eigenvalue weighted by atomic mass is 10.2. The lowest BCUT2D eigenvalue weighted by Crippen LogP contribution is -1.92. The Labute approximate surface area is 126 Å². The summed E-state index contributed by atoms with van der Waals surface area (Å²) < 4.78 is 5.01. The van der Waals surface area contributed by atoms with Gasteiger partial charge < -0.3 is 9.84 Å².